The first kappa shape index (κ1) is 26.4. The second-order valence-electron chi connectivity index (χ2n) is 8.20. The number of rotatable bonds is 6. The van der Waals surface area contributed by atoms with Crippen LogP contribution in [0.1, 0.15) is 9.75 Å². The van der Waals surface area contributed by atoms with E-state index in [1.807, 2.05) is 46.4 Å². The number of fused-ring (bicyclic) bond motifs is 1. The molecule has 0 radical (unpaired) electrons. The molecular weight excluding hydrogens is 511 g/mol. The largest absolute Gasteiger partial charge is 0.490 e. The van der Waals surface area contributed by atoms with E-state index in [-0.39, 0.29) is 6.10 Å². The molecule has 4 heterocycles. The Morgan fingerprint density at radius 2 is 1.97 bits per heavy atom. The Hall–Kier alpha value is -3.62. The van der Waals surface area contributed by atoms with E-state index in [2.05, 4.69) is 49.6 Å². The molecule has 14 heteroatoms. The van der Waals surface area contributed by atoms with Gasteiger partial charge in [-0.05, 0) is 31.2 Å². The molecule has 1 aliphatic heterocycles. The van der Waals surface area contributed by atoms with Gasteiger partial charge >= 0.3 is 12.1 Å². The number of thiophene rings is 1. The third-order valence-corrected chi connectivity index (χ3v) is 6.34. The zero-order valence-corrected chi connectivity index (χ0v) is 20.5. The normalized spacial score (nSPS) is 16.3. The van der Waals surface area contributed by atoms with Crippen molar-refractivity contribution in [2.45, 2.75) is 32.3 Å². The van der Waals surface area contributed by atoms with Crippen molar-refractivity contribution < 1.29 is 27.8 Å². The molecule has 37 heavy (non-hydrogen) atoms. The topological polar surface area (TPSA) is 118 Å². The highest BCUT2D eigenvalue weighted by Crippen LogP contribution is 2.22. The van der Waals surface area contributed by atoms with Crippen LogP contribution >= 0.6 is 11.3 Å². The number of aromatic nitrogens is 5. The van der Waals surface area contributed by atoms with Gasteiger partial charge in [0.1, 0.15) is 6.33 Å². The van der Waals surface area contributed by atoms with Gasteiger partial charge in [-0.15, -0.1) is 16.4 Å². The summed E-state index contributed by atoms with van der Waals surface area (Å²) in [6.45, 7) is 6.24. The third kappa shape index (κ3) is 7.21. The fraction of sp³-hybridized carbons (Fsp3) is 0.348. The highest BCUT2D eigenvalue weighted by Gasteiger charge is 2.38. The fourth-order valence-electron chi connectivity index (χ4n) is 3.68. The average Bonchev–Trinajstić information content (AvgIpc) is 3.46. The van der Waals surface area contributed by atoms with E-state index in [9.17, 15) is 13.2 Å². The molecule has 1 unspecified atom stereocenters. The molecule has 5 rings (SSSR count). The van der Waals surface area contributed by atoms with Crippen LogP contribution in [-0.2, 0) is 22.6 Å². The number of morpholine rings is 1. The lowest BCUT2D eigenvalue weighted by Gasteiger charge is -2.32. The van der Waals surface area contributed by atoms with Crippen LogP contribution in [-0.4, -0.2) is 72.9 Å². The number of alkyl halides is 3. The van der Waals surface area contributed by atoms with Crippen molar-refractivity contribution in [2.24, 2.45) is 0 Å². The fourth-order valence-corrected chi connectivity index (χ4v) is 4.61. The molecule has 196 valence electrons. The number of nitrogens with one attached hydrogen (secondary N) is 1. The summed E-state index contributed by atoms with van der Waals surface area (Å²) in [4.78, 5) is 22.8. The van der Waals surface area contributed by atoms with Crippen LogP contribution in [0.3, 0.4) is 0 Å². The smallest absolute Gasteiger partial charge is 0.475 e. The van der Waals surface area contributed by atoms with Gasteiger partial charge in [-0.2, -0.15) is 13.2 Å². The second kappa shape index (κ2) is 11.6. The molecule has 1 aromatic carbocycles. The number of carbonyl (C=O) groups is 1. The van der Waals surface area contributed by atoms with Crippen LogP contribution in [0, 0.1) is 6.92 Å². The van der Waals surface area contributed by atoms with Gasteiger partial charge in [0.05, 0.1) is 19.3 Å². The van der Waals surface area contributed by atoms with Gasteiger partial charge in [-0.3, -0.25) is 4.90 Å². The number of ether oxygens (including phenoxy) is 1. The maximum absolute atomic E-state index is 10.6. The molecular formula is C23H24F3N7O3S. The van der Waals surface area contributed by atoms with Crippen molar-refractivity contribution in [1.82, 2.24) is 29.9 Å². The van der Waals surface area contributed by atoms with Gasteiger partial charge in [0.25, 0.3) is 0 Å². The van der Waals surface area contributed by atoms with Gasteiger partial charge < -0.3 is 15.2 Å². The number of hydrogen-bond donors (Lipinski definition) is 2. The van der Waals surface area contributed by atoms with Crippen molar-refractivity contribution in [2.75, 3.05) is 25.0 Å². The molecule has 3 aromatic heterocycles. The van der Waals surface area contributed by atoms with E-state index < -0.39 is 12.1 Å². The predicted octanol–water partition coefficient (Wildman–Crippen LogP) is 3.87. The van der Waals surface area contributed by atoms with Crippen molar-refractivity contribution in [3.63, 3.8) is 0 Å². The van der Waals surface area contributed by atoms with Crippen LogP contribution in [0.5, 0.6) is 0 Å². The minimum atomic E-state index is -5.08. The molecule has 1 atom stereocenters. The lowest BCUT2D eigenvalue weighted by Crippen LogP contribution is -2.43. The minimum absolute atomic E-state index is 0.0465. The van der Waals surface area contributed by atoms with Crippen LogP contribution < -0.4 is 5.32 Å². The molecule has 10 nitrogen and oxygen atoms in total. The molecule has 0 spiro atoms. The van der Waals surface area contributed by atoms with Gasteiger partial charge in [0.2, 0.25) is 0 Å². The lowest BCUT2D eigenvalue weighted by molar-refractivity contribution is -0.192. The number of aliphatic carboxylic acids is 1. The van der Waals surface area contributed by atoms with E-state index in [1.165, 1.54) is 9.75 Å². The predicted molar refractivity (Wildman–Crippen MR) is 131 cm³/mol. The minimum Gasteiger partial charge on any atom is -0.475 e. The maximum Gasteiger partial charge on any atom is 0.490 e. The number of anilines is 2. The van der Waals surface area contributed by atoms with Crippen molar-refractivity contribution in [1.29, 1.82) is 0 Å². The maximum atomic E-state index is 10.6. The molecule has 0 bridgehead atoms. The van der Waals surface area contributed by atoms with Crippen molar-refractivity contribution >= 4 is 40.0 Å². The highest BCUT2D eigenvalue weighted by molar-refractivity contribution is 7.11. The standard InChI is InChI=1S/C21H23N7OS.C2HF3O2/c1-15-7-8-18(30-15)13-27-9-10-29-17(11-27)12-28-21-19(25-26-28)20(22-14-23-21)24-16-5-3-2-4-6-16;3-2(4,5)1(6)7/h2-8,14,17H,9-13H2,1H3,(H,22,23,24);(H,6,7). The Bertz CT molecular complexity index is 1330. The molecule has 2 N–H and O–H groups in total. The average molecular weight is 536 g/mol. The van der Waals surface area contributed by atoms with Gasteiger partial charge in [-0.1, -0.05) is 23.4 Å². The first-order valence-electron chi connectivity index (χ1n) is 11.2. The number of carboxylic acid groups (broad SMARTS) is 1. The summed E-state index contributed by atoms with van der Waals surface area (Å²) in [6.07, 6.45) is -3.49. The number of benzene rings is 1. The SMILES string of the molecule is Cc1ccc(CN2CCOC(Cn3nnc4c(Nc5ccccc5)ncnc43)C2)s1.O=C(O)C(F)(F)F. The monoisotopic (exact) mass is 535 g/mol. The van der Waals surface area contributed by atoms with Crippen LogP contribution in [0.15, 0.2) is 48.8 Å². The first-order chi connectivity index (χ1) is 17.7. The van der Waals surface area contributed by atoms with Crippen molar-refractivity contribution in [3.05, 3.63) is 58.5 Å². The summed E-state index contributed by atoms with van der Waals surface area (Å²) in [5.74, 6) is -2.11. The van der Waals surface area contributed by atoms with E-state index >= 15 is 0 Å². The molecule has 1 saturated heterocycles. The summed E-state index contributed by atoms with van der Waals surface area (Å²) >= 11 is 1.86. The lowest BCUT2D eigenvalue weighted by atomic mass is 10.2. The van der Waals surface area contributed by atoms with E-state index in [0.29, 0.717) is 23.5 Å². The summed E-state index contributed by atoms with van der Waals surface area (Å²) in [5, 5.41) is 19.1. The Kier molecular flexibility index (Phi) is 8.31. The summed E-state index contributed by atoms with van der Waals surface area (Å²) in [6, 6.07) is 14.3. The number of hydrogen-bond acceptors (Lipinski definition) is 9. The number of carboxylic acids is 1. The Labute approximate surface area is 213 Å². The molecule has 0 amide bonds. The molecule has 1 aliphatic rings. The number of aryl methyl sites for hydroxylation is 1. The zero-order valence-electron chi connectivity index (χ0n) is 19.7. The van der Waals surface area contributed by atoms with Gasteiger partial charge in [-0.25, -0.2) is 19.4 Å². The van der Waals surface area contributed by atoms with E-state index in [0.717, 1.165) is 31.9 Å². The summed E-state index contributed by atoms with van der Waals surface area (Å²) in [5.41, 5.74) is 2.31. The number of halogens is 3. The Balaban J connectivity index is 0.000000405. The quantitative estimate of drug-likeness (QED) is 0.379. The van der Waals surface area contributed by atoms with Crippen molar-refractivity contribution in [3.8, 4) is 0 Å². The summed E-state index contributed by atoms with van der Waals surface area (Å²) < 4.78 is 39.6. The van der Waals surface area contributed by atoms with E-state index in [4.69, 9.17) is 14.6 Å². The highest BCUT2D eigenvalue weighted by atomic mass is 32.1. The Morgan fingerprint density at radius 3 is 2.65 bits per heavy atom. The molecule has 0 aliphatic carbocycles. The summed E-state index contributed by atoms with van der Waals surface area (Å²) in [7, 11) is 0. The van der Waals surface area contributed by atoms with Crippen LogP contribution in [0.25, 0.3) is 11.2 Å². The third-order valence-electron chi connectivity index (χ3n) is 5.35. The molecule has 1 fully saturated rings. The molecule has 4 aromatic rings. The first-order valence-corrected chi connectivity index (χ1v) is 12.1. The van der Waals surface area contributed by atoms with Crippen LogP contribution in [0.2, 0.25) is 0 Å². The second-order valence-corrected chi connectivity index (χ2v) is 9.57. The number of nitrogens with zero attached hydrogens (tertiary/aromatic N) is 6. The molecule has 0 saturated carbocycles. The Morgan fingerprint density at radius 1 is 1.22 bits per heavy atom. The van der Waals surface area contributed by atoms with E-state index in [1.54, 1.807) is 6.33 Å². The number of para-hydroxylation sites is 1. The zero-order chi connectivity index (χ0) is 26.4. The van der Waals surface area contributed by atoms with Gasteiger partial charge in [0.15, 0.2) is 17.0 Å². The van der Waals surface area contributed by atoms with Gasteiger partial charge in [0, 0.05) is 35.1 Å². The van der Waals surface area contributed by atoms with Crippen LogP contribution in [0.4, 0.5) is 24.7 Å².